The number of aliphatic imine (C=N–C) groups is 1. The Kier molecular flexibility index (Phi) is 5.92. The summed E-state index contributed by atoms with van der Waals surface area (Å²) in [6.45, 7) is 4.74. The molecule has 3 nitrogen and oxygen atoms in total. The van der Waals surface area contributed by atoms with Crippen molar-refractivity contribution in [2.75, 3.05) is 7.05 Å². The van der Waals surface area contributed by atoms with Crippen LogP contribution in [0, 0.1) is 5.82 Å². The first-order chi connectivity index (χ1) is 8.56. The highest BCUT2D eigenvalue weighted by atomic mass is 35.5. The minimum Gasteiger partial charge on any atom is -0.354 e. The molecule has 0 spiro atoms. The van der Waals surface area contributed by atoms with E-state index in [1.54, 1.807) is 19.2 Å². The maximum Gasteiger partial charge on any atom is 0.191 e. The molecule has 1 rings (SSSR count). The van der Waals surface area contributed by atoms with Gasteiger partial charge in [-0.15, -0.1) is 0 Å². The third-order valence-electron chi connectivity index (χ3n) is 2.66. The van der Waals surface area contributed by atoms with Gasteiger partial charge in [0, 0.05) is 19.6 Å². The van der Waals surface area contributed by atoms with Crippen molar-refractivity contribution in [2.24, 2.45) is 4.99 Å². The van der Waals surface area contributed by atoms with Crippen LogP contribution in [-0.4, -0.2) is 19.0 Å². The fraction of sp³-hybridized carbons (Fsp3) is 0.462. The van der Waals surface area contributed by atoms with Gasteiger partial charge in [0.2, 0.25) is 0 Å². The summed E-state index contributed by atoms with van der Waals surface area (Å²) in [5.41, 5.74) is 0.911. The van der Waals surface area contributed by atoms with Crippen LogP contribution in [0.25, 0.3) is 0 Å². The Balaban J connectivity index is 2.55. The lowest BCUT2D eigenvalue weighted by atomic mass is 10.2. The zero-order chi connectivity index (χ0) is 13.5. The zero-order valence-electron chi connectivity index (χ0n) is 10.9. The highest BCUT2D eigenvalue weighted by molar-refractivity contribution is 6.30. The van der Waals surface area contributed by atoms with E-state index in [0.29, 0.717) is 12.6 Å². The third-order valence-corrected chi connectivity index (χ3v) is 2.95. The highest BCUT2D eigenvalue weighted by Gasteiger charge is 2.04. The summed E-state index contributed by atoms with van der Waals surface area (Å²) in [6, 6.07) is 5.03. The lowest BCUT2D eigenvalue weighted by molar-refractivity contribution is 0.621. The predicted octanol–water partition coefficient (Wildman–Crippen LogP) is 2.94. The molecule has 1 aromatic carbocycles. The van der Waals surface area contributed by atoms with Crippen LogP contribution in [0.15, 0.2) is 23.2 Å². The van der Waals surface area contributed by atoms with Crippen molar-refractivity contribution in [2.45, 2.75) is 32.9 Å². The predicted molar refractivity (Wildman–Crippen MR) is 74.5 cm³/mol. The number of nitrogens with one attached hydrogen (secondary N) is 2. The third kappa shape index (κ3) is 4.53. The van der Waals surface area contributed by atoms with Gasteiger partial charge in [-0.2, -0.15) is 0 Å². The fourth-order valence-electron chi connectivity index (χ4n) is 1.37. The second-order valence-corrected chi connectivity index (χ2v) is 4.54. The van der Waals surface area contributed by atoms with E-state index in [-0.39, 0.29) is 5.02 Å². The quantitative estimate of drug-likeness (QED) is 0.653. The van der Waals surface area contributed by atoms with E-state index in [0.717, 1.165) is 17.9 Å². The average molecular weight is 272 g/mol. The fourth-order valence-corrected chi connectivity index (χ4v) is 1.57. The molecule has 1 unspecified atom stereocenters. The van der Waals surface area contributed by atoms with Gasteiger partial charge < -0.3 is 10.6 Å². The van der Waals surface area contributed by atoms with E-state index in [4.69, 9.17) is 11.6 Å². The molecule has 2 N–H and O–H groups in total. The van der Waals surface area contributed by atoms with Crippen molar-refractivity contribution in [1.82, 2.24) is 10.6 Å². The monoisotopic (exact) mass is 271 g/mol. The molecule has 0 bridgehead atoms. The normalized spacial score (nSPS) is 13.3. The molecule has 0 aromatic heterocycles. The van der Waals surface area contributed by atoms with Crippen LogP contribution in [0.5, 0.6) is 0 Å². The Labute approximate surface area is 112 Å². The number of benzene rings is 1. The van der Waals surface area contributed by atoms with Gasteiger partial charge in [0.15, 0.2) is 5.96 Å². The molecule has 0 radical (unpaired) electrons. The summed E-state index contributed by atoms with van der Waals surface area (Å²) in [7, 11) is 1.72. The van der Waals surface area contributed by atoms with Crippen molar-refractivity contribution >= 4 is 17.6 Å². The summed E-state index contributed by atoms with van der Waals surface area (Å²) >= 11 is 5.72. The Morgan fingerprint density at radius 3 is 2.78 bits per heavy atom. The van der Waals surface area contributed by atoms with Crippen LogP contribution in [0.3, 0.4) is 0 Å². The van der Waals surface area contributed by atoms with E-state index in [2.05, 4.69) is 29.5 Å². The Hall–Kier alpha value is -1.29. The smallest absolute Gasteiger partial charge is 0.191 e. The molecule has 18 heavy (non-hydrogen) atoms. The van der Waals surface area contributed by atoms with Crippen molar-refractivity contribution in [1.29, 1.82) is 0 Å². The summed E-state index contributed by atoms with van der Waals surface area (Å²) in [5.74, 6) is 0.326. The molecule has 0 aliphatic heterocycles. The number of halogens is 2. The minimum absolute atomic E-state index is 0.138. The van der Waals surface area contributed by atoms with E-state index >= 15 is 0 Å². The maximum absolute atomic E-state index is 13.0. The van der Waals surface area contributed by atoms with E-state index in [1.165, 1.54) is 6.07 Å². The van der Waals surface area contributed by atoms with Crippen LogP contribution in [0.4, 0.5) is 4.39 Å². The van der Waals surface area contributed by atoms with Gasteiger partial charge in [0.25, 0.3) is 0 Å². The number of guanidine groups is 1. The second kappa shape index (κ2) is 7.21. The Morgan fingerprint density at radius 1 is 1.50 bits per heavy atom. The van der Waals surface area contributed by atoms with Gasteiger partial charge in [0.05, 0.1) is 5.02 Å². The lowest BCUT2D eigenvalue weighted by Gasteiger charge is -2.16. The van der Waals surface area contributed by atoms with Gasteiger partial charge in [0.1, 0.15) is 5.82 Å². The number of hydrogen-bond acceptors (Lipinski definition) is 1. The van der Waals surface area contributed by atoms with Crippen LogP contribution in [0.1, 0.15) is 25.8 Å². The SMILES string of the molecule is CCC(C)NC(=NC)NCc1ccc(F)c(Cl)c1. The number of rotatable bonds is 4. The molecule has 1 atom stereocenters. The van der Waals surface area contributed by atoms with Gasteiger partial charge in [-0.05, 0) is 31.0 Å². The molecule has 0 fully saturated rings. The molecule has 0 saturated heterocycles. The van der Waals surface area contributed by atoms with Crippen molar-refractivity contribution in [3.63, 3.8) is 0 Å². The molecule has 0 amide bonds. The van der Waals surface area contributed by atoms with Gasteiger partial charge in [-0.3, -0.25) is 4.99 Å². The summed E-state index contributed by atoms with van der Waals surface area (Å²) in [5, 5.41) is 6.54. The number of nitrogens with zero attached hydrogens (tertiary/aromatic N) is 1. The Morgan fingerprint density at radius 2 is 2.22 bits per heavy atom. The molecule has 0 saturated carbocycles. The van der Waals surface area contributed by atoms with Crippen LogP contribution < -0.4 is 10.6 Å². The van der Waals surface area contributed by atoms with Crippen molar-refractivity contribution in [3.8, 4) is 0 Å². The van der Waals surface area contributed by atoms with E-state index in [1.807, 2.05) is 0 Å². The topological polar surface area (TPSA) is 36.4 Å². The van der Waals surface area contributed by atoms with E-state index in [9.17, 15) is 4.39 Å². The van der Waals surface area contributed by atoms with Crippen molar-refractivity contribution < 1.29 is 4.39 Å². The lowest BCUT2D eigenvalue weighted by Crippen LogP contribution is -2.41. The van der Waals surface area contributed by atoms with Gasteiger partial charge in [-0.25, -0.2) is 4.39 Å². The Bertz CT molecular complexity index is 421. The van der Waals surface area contributed by atoms with Crippen LogP contribution in [-0.2, 0) is 6.54 Å². The molecular formula is C13H19ClFN3. The largest absolute Gasteiger partial charge is 0.354 e. The maximum atomic E-state index is 13.0. The van der Waals surface area contributed by atoms with E-state index < -0.39 is 5.82 Å². The second-order valence-electron chi connectivity index (χ2n) is 4.13. The first kappa shape index (κ1) is 14.8. The van der Waals surface area contributed by atoms with Crippen LogP contribution in [0.2, 0.25) is 5.02 Å². The standard InChI is InChI=1S/C13H19ClFN3/c1-4-9(2)18-13(16-3)17-8-10-5-6-12(15)11(14)7-10/h5-7,9H,4,8H2,1-3H3,(H2,16,17,18). The summed E-state index contributed by atoms with van der Waals surface area (Å²) in [4.78, 5) is 4.12. The molecule has 1 aromatic rings. The first-order valence-corrected chi connectivity index (χ1v) is 6.35. The summed E-state index contributed by atoms with van der Waals surface area (Å²) in [6.07, 6.45) is 1.02. The van der Waals surface area contributed by atoms with Gasteiger partial charge >= 0.3 is 0 Å². The average Bonchev–Trinajstić information content (AvgIpc) is 2.38. The first-order valence-electron chi connectivity index (χ1n) is 5.98. The van der Waals surface area contributed by atoms with Gasteiger partial charge in [-0.1, -0.05) is 24.6 Å². The van der Waals surface area contributed by atoms with Crippen molar-refractivity contribution in [3.05, 3.63) is 34.6 Å². The molecule has 0 heterocycles. The molecule has 0 aliphatic carbocycles. The molecule has 5 heteroatoms. The molecule has 100 valence electrons. The highest BCUT2D eigenvalue weighted by Crippen LogP contribution is 2.15. The van der Waals surface area contributed by atoms with Crippen LogP contribution >= 0.6 is 11.6 Å². The zero-order valence-corrected chi connectivity index (χ0v) is 11.7. The number of hydrogen-bond donors (Lipinski definition) is 2. The minimum atomic E-state index is -0.400. The molecule has 0 aliphatic rings. The summed E-state index contributed by atoms with van der Waals surface area (Å²) < 4.78 is 13.0. The molecular weight excluding hydrogens is 253 g/mol.